The van der Waals surface area contributed by atoms with Crippen LogP contribution in [0.2, 0.25) is 0 Å². The van der Waals surface area contributed by atoms with Gasteiger partial charge >= 0.3 is 0 Å². The Bertz CT molecular complexity index is 575. The fourth-order valence-corrected chi connectivity index (χ4v) is 4.38. The molecule has 0 bridgehead atoms. The van der Waals surface area contributed by atoms with E-state index in [4.69, 9.17) is 0 Å². The van der Waals surface area contributed by atoms with Crippen molar-refractivity contribution in [2.24, 2.45) is 0 Å². The molecule has 2 aromatic carbocycles. The Morgan fingerprint density at radius 3 is 2.75 bits per heavy atom. The van der Waals surface area contributed by atoms with E-state index in [-0.39, 0.29) is 0 Å². The lowest BCUT2D eigenvalue weighted by atomic mass is 9.99. The van der Waals surface area contributed by atoms with E-state index in [9.17, 15) is 0 Å². The zero-order valence-corrected chi connectivity index (χ0v) is 13.1. The highest BCUT2D eigenvalue weighted by molar-refractivity contribution is 7.99. The Hall–Kier alpha value is -0.990. The summed E-state index contributed by atoms with van der Waals surface area (Å²) in [7, 11) is 0. The van der Waals surface area contributed by atoms with Gasteiger partial charge in [0, 0.05) is 17.3 Å². The van der Waals surface area contributed by atoms with E-state index < -0.39 is 0 Å². The van der Waals surface area contributed by atoms with Crippen molar-refractivity contribution < 1.29 is 0 Å². The van der Waals surface area contributed by atoms with Crippen molar-refractivity contribution in [1.82, 2.24) is 5.32 Å². The van der Waals surface area contributed by atoms with E-state index in [0.29, 0.717) is 12.1 Å². The molecule has 1 aliphatic rings. The third-order valence-electron chi connectivity index (χ3n) is 4.51. The number of hydrogen-bond donors (Lipinski definition) is 1. The molecule has 0 radical (unpaired) electrons. The Balaban J connectivity index is 1.83. The van der Waals surface area contributed by atoms with Crippen molar-refractivity contribution in [2.45, 2.75) is 43.5 Å². The molecule has 0 aromatic heterocycles. The maximum absolute atomic E-state index is 3.87. The highest BCUT2D eigenvalue weighted by Gasteiger charge is 2.27. The quantitative estimate of drug-likeness (QED) is 0.868. The molecule has 1 N–H and O–H groups in total. The summed E-state index contributed by atoms with van der Waals surface area (Å²) in [5, 5.41) is 7.37. The van der Waals surface area contributed by atoms with Gasteiger partial charge in [-0.2, -0.15) is 11.8 Å². The van der Waals surface area contributed by atoms with Crippen LogP contribution in [0, 0.1) is 0 Å². The minimum Gasteiger partial charge on any atom is -0.306 e. The number of hydrogen-bond acceptors (Lipinski definition) is 2. The Morgan fingerprint density at radius 2 is 1.90 bits per heavy atom. The van der Waals surface area contributed by atoms with E-state index in [1.54, 1.807) is 0 Å². The molecule has 3 rings (SSSR count). The molecule has 0 amide bonds. The number of thioether (sulfide) groups is 1. The monoisotopic (exact) mass is 285 g/mol. The maximum atomic E-state index is 3.87. The predicted molar refractivity (Wildman–Crippen MR) is 90.4 cm³/mol. The fourth-order valence-electron chi connectivity index (χ4n) is 3.44. The van der Waals surface area contributed by atoms with Crippen molar-refractivity contribution in [2.75, 3.05) is 6.26 Å². The summed E-state index contributed by atoms with van der Waals surface area (Å²) in [6, 6.07) is 16.4. The van der Waals surface area contributed by atoms with Gasteiger partial charge in [-0.3, -0.25) is 0 Å². The zero-order valence-electron chi connectivity index (χ0n) is 12.3. The first-order valence-corrected chi connectivity index (χ1v) is 8.85. The average Bonchev–Trinajstić information content (AvgIpc) is 2.93. The summed E-state index contributed by atoms with van der Waals surface area (Å²) in [5.74, 6) is 0. The van der Waals surface area contributed by atoms with Crippen LogP contribution in [0.25, 0.3) is 10.8 Å². The largest absolute Gasteiger partial charge is 0.306 e. The number of benzene rings is 2. The summed E-state index contributed by atoms with van der Waals surface area (Å²) in [4.78, 5) is 0. The van der Waals surface area contributed by atoms with Gasteiger partial charge in [0.05, 0.1) is 0 Å². The highest BCUT2D eigenvalue weighted by atomic mass is 32.2. The van der Waals surface area contributed by atoms with Gasteiger partial charge in [0.1, 0.15) is 0 Å². The van der Waals surface area contributed by atoms with Crippen LogP contribution >= 0.6 is 11.8 Å². The summed E-state index contributed by atoms with van der Waals surface area (Å²) < 4.78 is 0. The predicted octanol–water partition coefficient (Wildman–Crippen LogP) is 4.77. The first-order chi connectivity index (χ1) is 9.79. The molecule has 0 aliphatic heterocycles. The van der Waals surface area contributed by atoms with Crippen molar-refractivity contribution in [3.63, 3.8) is 0 Å². The zero-order chi connectivity index (χ0) is 13.9. The van der Waals surface area contributed by atoms with Crippen LogP contribution in [-0.2, 0) is 0 Å². The molecule has 0 saturated heterocycles. The van der Waals surface area contributed by atoms with Crippen molar-refractivity contribution in [3.05, 3.63) is 48.0 Å². The molecule has 0 heterocycles. The van der Waals surface area contributed by atoms with Gasteiger partial charge in [-0.15, -0.1) is 0 Å². The van der Waals surface area contributed by atoms with Gasteiger partial charge in [-0.25, -0.2) is 0 Å². The minimum atomic E-state index is 0.416. The van der Waals surface area contributed by atoms with Gasteiger partial charge in [0.25, 0.3) is 0 Å². The second kappa shape index (κ2) is 6.19. The van der Waals surface area contributed by atoms with Gasteiger partial charge in [-0.05, 0) is 42.4 Å². The lowest BCUT2D eigenvalue weighted by Gasteiger charge is -2.25. The van der Waals surface area contributed by atoms with E-state index in [2.05, 4.69) is 61.0 Å². The van der Waals surface area contributed by atoms with Crippen LogP contribution in [0.15, 0.2) is 42.5 Å². The highest BCUT2D eigenvalue weighted by Crippen LogP contribution is 2.31. The van der Waals surface area contributed by atoms with Crippen molar-refractivity contribution in [1.29, 1.82) is 0 Å². The standard InChI is InChI=1S/C18H23NS/c1-13(19-17-11-6-12-18(17)20-2)15-10-5-8-14-7-3-4-9-16(14)15/h3-5,7-10,13,17-19H,6,11-12H2,1-2H3. The molecule has 2 aromatic rings. The SMILES string of the molecule is CSC1CCCC1NC(C)c1cccc2ccccc12. The van der Waals surface area contributed by atoms with E-state index in [1.165, 1.54) is 35.6 Å². The molecule has 1 fully saturated rings. The Labute approximate surface area is 126 Å². The molecule has 3 atom stereocenters. The van der Waals surface area contributed by atoms with Crippen LogP contribution in [0.5, 0.6) is 0 Å². The van der Waals surface area contributed by atoms with Crippen LogP contribution in [0.1, 0.15) is 37.8 Å². The topological polar surface area (TPSA) is 12.0 Å². The number of rotatable bonds is 4. The Kier molecular flexibility index (Phi) is 4.32. The van der Waals surface area contributed by atoms with Crippen LogP contribution in [0.3, 0.4) is 0 Å². The summed E-state index contributed by atoms with van der Waals surface area (Å²) in [6.07, 6.45) is 6.29. The molecule has 1 saturated carbocycles. The van der Waals surface area contributed by atoms with E-state index in [1.807, 2.05) is 11.8 Å². The minimum absolute atomic E-state index is 0.416. The molecule has 3 unspecified atom stereocenters. The second-order valence-corrected chi connectivity index (χ2v) is 6.85. The first-order valence-electron chi connectivity index (χ1n) is 7.56. The maximum Gasteiger partial charge on any atom is 0.0300 e. The van der Waals surface area contributed by atoms with E-state index in [0.717, 1.165) is 5.25 Å². The van der Waals surface area contributed by atoms with Gasteiger partial charge in [-0.1, -0.05) is 48.9 Å². The van der Waals surface area contributed by atoms with E-state index >= 15 is 0 Å². The molecule has 1 nitrogen and oxygen atoms in total. The second-order valence-electron chi connectivity index (χ2n) is 5.77. The lowest BCUT2D eigenvalue weighted by molar-refractivity contribution is 0.469. The van der Waals surface area contributed by atoms with Crippen molar-refractivity contribution >= 4 is 22.5 Å². The molecule has 0 spiro atoms. The lowest BCUT2D eigenvalue weighted by Crippen LogP contribution is -2.35. The van der Waals surface area contributed by atoms with Crippen LogP contribution in [0.4, 0.5) is 0 Å². The molecule has 2 heteroatoms. The van der Waals surface area contributed by atoms with Crippen LogP contribution in [-0.4, -0.2) is 17.5 Å². The summed E-state index contributed by atoms with van der Waals surface area (Å²) >= 11 is 2.02. The molecule has 20 heavy (non-hydrogen) atoms. The smallest absolute Gasteiger partial charge is 0.0300 e. The molecular formula is C18H23NS. The fraction of sp³-hybridized carbons (Fsp3) is 0.444. The first kappa shape index (κ1) is 14.0. The summed E-state index contributed by atoms with van der Waals surface area (Å²) in [6.45, 7) is 2.30. The third-order valence-corrected chi connectivity index (χ3v) is 5.68. The third kappa shape index (κ3) is 2.72. The van der Waals surface area contributed by atoms with Gasteiger partial charge < -0.3 is 5.32 Å². The van der Waals surface area contributed by atoms with Gasteiger partial charge in [0.2, 0.25) is 0 Å². The van der Waals surface area contributed by atoms with Crippen molar-refractivity contribution in [3.8, 4) is 0 Å². The van der Waals surface area contributed by atoms with Gasteiger partial charge in [0.15, 0.2) is 0 Å². The number of fused-ring (bicyclic) bond motifs is 1. The average molecular weight is 285 g/mol. The molecule has 1 aliphatic carbocycles. The molecule has 106 valence electrons. The number of nitrogens with one attached hydrogen (secondary N) is 1. The van der Waals surface area contributed by atoms with Crippen LogP contribution < -0.4 is 5.32 Å². The molecular weight excluding hydrogens is 262 g/mol. The summed E-state index contributed by atoms with van der Waals surface area (Å²) in [5.41, 5.74) is 1.43. The Morgan fingerprint density at radius 1 is 1.10 bits per heavy atom. The normalized spacial score (nSPS) is 24.1.